The Hall–Kier alpha value is -3.44. The summed E-state index contributed by atoms with van der Waals surface area (Å²) in [4.78, 5) is 24.7. The van der Waals surface area contributed by atoms with E-state index in [2.05, 4.69) is 43.0 Å². The first-order chi connectivity index (χ1) is 16.5. The van der Waals surface area contributed by atoms with Crippen molar-refractivity contribution < 1.29 is 18.8 Å². The minimum absolute atomic E-state index is 0.172. The zero-order chi connectivity index (χ0) is 24.2. The van der Waals surface area contributed by atoms with Crippen LogP contribution in [0, 0.1) is 0 Å². The molecule has 0 aromatic heterocycles. The molecule has 0 amide bonds. The van der Waals surface area contributed by atoms with Gasteiger partial charge in [0.15, 0.2) is 0 Å². The van der Waals surface area contributed by atoms with Crippen LogP contribution in [0.4, 0.5) is 0 Å². The van der Waals surface area contributed by atoms with Gasteiger partial charge in [0.05, 0.1) is 6.61 Å². The third-order valence-corrected chi connectivity index (χ3v) is 9.36. The molecule has 3 aromatic rings. The number of esters is 1. The molecule has 0 radical (unpaired) electrons. The molecule has 176 valence electrons. The molecule has 0 aliphatic rings. The Kier molecular flexibility index (Phi) is 9.41. The molecule has 0 bridgehead atoms. The topological polar surface area (TPSA) is 52.6 Å². The smallest absolute Gasteiger partial charge is 0.333 e. The number of carbonyl (C=O) groups is 2. The fourth-order valence-electron chi connectivity index (χ4n) is 4.00. The molecular formula is C29H32O4Si. The first-order valence-electron chi connectivity index (χ1n) is 11.6. The normalized spacial score (nSPS) is 11.0. The fraction of sp³-hybridized carbons (Fsp3) is 0.241. The van der Waals surface area contributed by atoms with Gasteiger partial charge in [-0.25, -0.2) is 4.79 Å². The molecule has 0 fully saturated rings. The monoisotopic (exact) mass is 472 g/mol. The van der Waals surface area contributed by atoms with E-state index in [4.69, 9.17) is 9.16 Å². The maximum atomic E-state index is 13.1. The number of rotatable bonds is 12. The predicted octanol–water partition coefficient (Wildman–Crippen LogP) is 5.72. The van der Waals surface area contributed by atoms with E-state index in [0.29, 0.717) is 12.0 Å². The van der Waals surface area contributed by atoms with Crippen molar-refractivity contribution in [3.8, 4) is 0 Å². The second-order valence-electron chi connectivity index (χ2n) is 8.66. The molecule has 3 aromatic carbocycles. The summed E-state index contributed by atoms with van der Waals surface area (Å²) >= 11 is 0. The highest BCUT2D eigenvalue weighted by Crippen LogP contribution is 2.25. The van der Waals surface area contributed by atoms with Crippen molar-refractivity contribution in [2.45, 2.75) is 37.9 Å². The van der Waals surface area contributed by atoms with Crippen LogP contribution in [0.5, 0.6) is 0 Å². The molecule has 0 aliphatic carbocycles. The second kappa shape index (κ2) is 12.7. The zero-order valence-corrected chi connectivity index (χ0v) is 20.7. The van der Waals surface area contributed by atoms with Crippen molar-refractivity contribution in [1.82, 2.24) is 0 Å². The Labute approximate surface area is 203 Å². The second-order valence-corrected chi connectivity index (χ2v) is 12.3. The van der Waals surface area contributed by atoms with Crippen molar-refractivity contribution in [3.63, 3.8) is 0 Å². The lowest BCUT2D eigenvalue weighted by molar-refractivity contribution is -0.141. The quantitative estimate of drug-likeness (QED) is 0.146. The van der Waals surface area contributed by atoms with Crippen LogP contribution in [-0.2, 0) is 36.9 Å². The average molecular weight is 473 g/mol. The highest BCUT2D eigenvalue weighted by atomic mass is 28.4. The summed E-state index contributed by atoms with van der Waals surface area (Å²) in [6, 6.07) is 32.9. The average Bonchev–Trinajstić information content (AvgIpc) is 2.83. The highest BCUT2D eigenvalue weighted by molar-refractivity contribution is 6.73. The van der Waals surface area contributed by atoms with Crippen LogP contribution in [-0.4, -0.2) is 26.9 Å². The van der Waals surface area contributed by atoms with Gasteiger partial charge in [-0.05, 0) is 30.0 Å². The Bertz CT molecular complexity index is 964. The molecule has 3 rings (SSSR count). The number of hydrogen-bond acceptors (Lipinski definition) is 4. The van der Waals surface area contributed by atoms with Gasteiger partial charge in [-0.3, -0.25) is 4.79 Å². The summed E-state index contributed by atoms with van der Waals surface area (Å²) in [5.41, 5.74) is 3.86. The van der Waals surface area contributed by atoms with Crippen LogP contribution >= 0.6 is 0 Å². The van der Waals surface area contributed by atoms with Crippen molar-refractivity contribution in [2.24, 2.45) is 0 Å². The summed E-state index contributed by atoms with van der Waals surface area (Å²) in [5, 5.41) is 0. The summed E-state index contributed by atoms with van der Waals surface area (Å²) in [7, 11) is -2.65. The molecule has 0 spiro atoms. The van der Waals surface area contributed by atoms with E-state index in [1.165, 1.54) is 16.7 Å². The van der Waals surface area contributed by atoms with Gasteiger partial charge >= 0.3 is 5.97 Å². The van der Waals surface area contributed by atoms with Gasteiger partial charge in [0, 0.05) is 30.1 Å². The van der Waals surface area contributed by atoms with Crippen molar-refractivity contribution in [3.05, 3.63) is 120 Å². The Balaban J connectivity index is 1.82. The van der Waals surface area contributed by atoms with E-state index in [1.807, 2.05) is 54.6 Å². The molecule has 4 nitrogen and oxygen atoms in total. The lowest BCUT2D eigenvalue weighted by Gasteiger charge is -2.32. The first kappa shape index (κ1) is 25.2. The summed E-state index contributed by atoms with van der Waals surface area (Å²) < 4.78 is 11.6. The van der Waals surface area contributed by atoms with E-state index in [0.717, 1.165) is 18.1 Å². The molecule has 0 saturated carbocycles. The zero-order valence-electron chi connectivity index (χ0n) is 19.7. The molecular weight excluding hydrogens is 440 g/mol. The van der Waals surface area contributed by atoms with E-state index in [1.54, 1.807) is 6.92 Å². The SMILES string of the molecule is C=C(C)C(=O)OCCCC(=O)O[Si](Cc1ccccc1)(Cc1ccccc1)Cc1ccccc1. The molecule has 0 saturated heterocycles. The number of hydrogen-bond donors (Lipinski definition) is 0. The van der Waals surface area contributed by atoms with Crippen LogP contribution in [0.25, 0.3) is 0 Å². The summed E-state index contributed by atoms with van der Waals surface area (Å²) in [6.07, 6.45) is 0.626. The molecule has 0 aliphatic heterocycles. The maximum Gasteiger partial charge on any atom is 0.333 e. The van der Waals surface area contributed by atoms with E-state index >= 15 is 0 Å². The third kappa shape index (κ3) is 8.16. The largest absolute Gasteiger partial charge is 0.518 e. The lowest BCUT2D eigenvalue weighted by atomic mass is 10.2. The van der Waals surface area contributed by atoms with Crippen LogP contribution in [0.1, 0.15) is 36.5 Å². The van der Waals surface area contributed by atoms with Gasteiger partial charge in [0.25, 0.3) is 14.3 Å². The van der Waals surface area contributed by atoms with Crippen LogP contribution in [0.3, 0.4) is 0 Å². The van der Waals surface area contributed by atoms with Gasteiger partial charge < -0.3 is 9.16 Å². The van der Waals surface area contributed by atoms with Crippen LogP contribution in [0.15, 0.2) is 103 Å². The first-order valence-corrected chi connectivity index (χ1v) is 14.1. The van der Waals surface area contributed by atoms with Gasteiger partial charge in [-0.2, -0.15) is 0 Å². The lowest BCUT2D eigenvalue weighted by Crippen LogP contribution is -2.49. The van der Waals surface area contributed by atoms with Crippen LogP contribution < -0.4 is 0 Å². The van der Waals surface area contributed by atoms with Gasteiger partial charge in [-0.15, -0.1) is 0 Å². The molecule has 0 N–H and O–H groups in total. The van der Waals surface area contributed by atoms with Crippen molar-refractivity contribution >= 4 is 20.3 Å². The van der Waals surface area contributed by atoms with Crippen molar-refractivity contribution in [1.29, 1.82) is 0 Å². The van der Waals surface area contributed by atoms with Gasteiger partial charge in [0.1, 0.15) is 0 Å². The summed E-state index contributed by atoms with van der Waals surface area (Å²) in [6.45, 7) is 5.35. The Morgan fingerprint density at radius 3 is 1.53 bits per heavy atom. The highest BCUT2D eigenvalue weighted by Gasteiger charge is 2.39. The van der Waals surface area contributed by atoms with Crippen molar-refractivity contribution in [2.75, 3.05) is 6.61 Å². The predicted molar refractivity (Wildman–Crippen MR) is 137 cm³/mol. The summed E-state index contributed by atoms with van der Waals surface area (Å²) in [5.74, 6) is -0.671. The Morgan fingerprint density at radius 1 is 0.735 bits per heavy atom. The number of carbonyl (C=O) groups excluding carboxylic acids is 2. The third-order valence-electron chi connectivity index (χ3n) is 5.54. The minimum Gasteiger partial charge on any atom is -0.518 e. The van der Waals surface area contributed by atoms with Gasteiger partial charge in [-0.1, -0.05) is 97.6 Å². The van der Waals surface area contributed by atoms with Gasteiger partial charge in [0.2, 0.25) is 0 Å². The van der Waals surface area contributed by atoms with E-state index < -0.39 is 14.3 Å². The molecule has 0 unspecified atom stereocenters. The van der Waals surface area contributed by atoms with E-state index in [9.17, 15) is 9.59 Å². The minimum atomic E-state index is -2.65. The Morgan fingerprint density at radius 2 is 1.15 bits per heavy atom. The number of ether oxygens (including phenoxy) is 1. The standard InChI is InChI=1S/C29H32O4Si/c1-24(2)29(31)32-20-12-19-28(30)33-34(21-25-13-6-3-7-14-25,22-26-15-8-4-9-16-26)23-27-17-10-5-11-18-27/h3-11,13-18H,1,12,19-23H2,2H3. The molecule has 0 atom stereocenters. The fourth-order valence-corrected chi connectivity index (χ4v) is 8.11. The number of benzene rings is 3. The van der Waals surface area contributed by atoms with Crippen LogP contribution in [0.2, 0.25) is 0 Å². The molecule has 0 heterocycles. The molecule has 5 heteroatoms. The van der Waals surface area contributed by atoms with E-state index in [-0.39, 0.29) is 19.0 Å². The maximum absolute atomic E-state index is 13.1. The molecule has 34 heavy (non-hydrogen) atoms.